The number of amides is 1. The van der Waals surface area contributed by atoms with Crippen molar-refractivity contribution in [1.29, 1.82) is 0 Å². The summed E-state index contributed by atoms with van der Waals surface area (Å²) in [5, 5.41) is 6.25. The maximum absolute atomic E-state index is 11.8. The monoisotopic (exact) mass is 274 g/mol. The Kier molecular flexibility index (Phi) is 3.51. The van der Waals surface area contributed by atoms with Crippen molar-refractivity contribution in [3.63, 3.8) is 0 Å². The molecule has 1 saturated heterocycles. The molecule has 3 rings (SSSR count). The lowest BCUT2D eigenvalue weighted by molar-refractivity contribution is -0.118. The molecule has 3 unspecified atom stereocenters. The minimum atomic E-state index is -0.0930. The maximum Gasteiger partial charge on any atom is 0.242 e. The van der Waals surface area contributed by atoms with Crippen molar-refractivity contribution in [3.05, 3.63) is 17.5 Å². The molecule has 5 nitrogen and oxygen atoms in total. The number of fused-ring (bicyclic) bond motifs is 1. The van der Waals surface area contributed by atoms with Gasteiger partial charge in [0, 0.05) is 6.04 Å². The number of nitrogens with zero attached hydrogens (tertiary/aromatic N) is 2. The van der Waals surface area contributed by atoms with Gasteiger partial charge in [-0.1, -0.05) is 11.6 Å². The van der Waals surface area contributed by atoms with E-state index in [0.717, 1.165) is 6.42 Å². The lowest BCUT2D eigenvalue weighted by Gasteiger charge is -2.12. The van der Waals surface area contributed by atoms with E-state index in [9.17, 15) is 4.79 Å². The normalized spacial score (nSPS) is 29.1. The SMILES string of the molecule is Cl.O=C(Nc1cncc(Cl)n1)C1CC2CC2N1. The highest BCUT2D eigenvalue weighted by molar-refractivity contribution is 6.29. The number of carbonyl (C=O) groups is 1. The zero-order chi connectivity index (χ0) is 11.1. The molecular formula is C10H12Cl2N4O. The van der Waals surface area contributed by atoms with E-state index in [2.05, 4.69) is 20.6 Å². The molecule has 0 aromatic carbocycles. The summed E-state index contributed by atoms with van der Waals surface area (Å²) >= 11 is 5.68. The molecule has 2 aliphatic rings. The van der Waals surface area contributed by atoms with Gasteiger partial charge in [-0.25, -0.2) is 4.98 Å². The van der Waals surface area contributed by atoms with E-state index in [4.69, 9.17) is 11.6 Å². The van der Waals surface area contributed by atoms with Crippen molar-refractivity contribution in [2.45, 2.75) is 24.9 Å². The predicted octanol–water partition coefficient (Wildman–Crippen LogP) is 1.24. The molecule has 2 N–H and O–H groups in total. The van der Waals surface area contributed by atoms with Gasteiger partial charge in [0.25, 0.3) is 0 Å². The molecule has 92 valence electrons. The maximum atomic E-state index is 11.8. The Labute approximate surface area is 110 Å². The molecule has 1 aliphatic carbocycles. The molecule has 3 atom stereocenters. The quantitative estimate of drug-likeness (QED) is 0.852. The highest BCUT2D eigenvalue weighted by atomic mass is 35.5. The van der Waals surface area contributed by atoms with Gasteiger partial charge in [-0.15, -0.1) is 12.4 Å². The van der Waals surface area contributed by atoms with E-state index in [0.29, 0.717) is 17.8 Å². The van der Waals surface area contributed by atoms with Gasteiger partial charge in [0.15, 0.2) is 5.82 Å². The molecule has 0 spiro atoms. The molecular weight excluding hydrogens is 263 g/mol. The molecule has 1 aromatic rings. The van der Waals surface area contributed by atoms with Gasteiger partial charge in [-0.05, 0) is 18.8 Å². The van der Waals surface area contributed by atoms with Crippen LogP contribution in [0.4, 0.5) is 5.82 Å². The van der Waals surface area contributed by atoms with Crippen molar-refractivity contribution in [2.24, 2.45) is 5.92 Å². The summed E-state index contributed by atoms with van der Waals surface area (Å²) in [4.78, 5) is 19.6. The van der Waals surface area contributed by atoms with Crippen LogP contribution in [-0.2, 0) is 4.79 Å². The lowest BCUT2D eigenvalue weighted by atomic mass is 10.2. The zero-order valence-corrected chi connectivity index (χ0v) is 10.5. The number of hydrogen-bond acceptors (Lipinski definition) is 4. The lowest BCUT2D eigenvalue weighted by Crippen LogP contribution is -2.38. The Morgan fingerprint density at radius 1 is 1.47 bits per heavy atom. The molecule has 1 saturated carbocycles. The molecule has 1 amide bonds. The number of halogens is 2. The Bertz CT molecular complexity index is 432. The van der Waals surface area contributed by atoms with Crippen molar-refractivity contribution < 1.29 is 4.79 Å². The summed E-state index contributed by atoms with van der Waals surface area (Å²) in [5.41, 5.74) is 0. The molecule has 17 heavy (non-hydrogen) atoms. The van der Waals surface area contributed by atoms with E-state index in [1.165, 1.54) is 18.8 Å². The average Bonchev–Trinajstić information content (AvgIpc) is 2.86. The molecule has 0 bridgehead atoms. The fourth-order valence-corrected chi connectivity index (χ4v) is 2.29. The van der Waals surface area contributed by atoms with Gasteiger partial charge in [0.05, 0.1) is 18.4 Å². The Morgan fingerprint density at radius 3 is 2.94 bits per heavy atom. The Morgan fingerprint density at radius 2 is 2.29 bits per heavy atom. The summed E-state index contributed by atoms with van der Waals surface area (Å²) in [6.07, 6.45) is 5.05. The van der Waals surface area contributed by atoms with Gasteiger partial charge >= 0.3 is 0 Å². The summed E-state index contributed by atoms with van der Waals surface area (Å²) in [6.45, 7) is 0. The Balaban J connectivity index is 0.00000108. The fourth-order valence-electron chi connectivity index (χ4n) is 2.14. The second-order valence-electron chi connectivity index (χ2n) is 4.27. The third-order valence-electron chi connectivity index (χ3n) is 3.05. The van der Waals surface area contributed by atoms with Crippen molar-refractivity contribution in [2.75, 3.05) is 5.32 Å². The van der Waals surface area contributed by atoms with E-state index in [1.54, 1.807) is 0 Å². The largest absolute Gasteiger partial charge is 0.308 e. The number of rotatable bonds is 2. The van der Waals surface area contributed by atoms with Crippen LogP contribution in [-0.4, -0.2) is 28.0 Å². The van der Waals surface area contributed by atoms with Gasteiger partial charge in [-0.2, -0.15) is 0 Å². The molecule has 1 aliphatic heterocycles. The number of anilines is 1. The first kappa shape index (κ1) is 12.5. The number of carbonyl (C=O) groups excluding carboxylic acids is 1. The second-order valence-corrected chi connectivity index (χ2v) is 4.66. The third kappa shape index (κ3) is 2.68. The van der Waals surface area contributed by atoms with Crippen LogP contribution >= 0.6 is 24.0 Å². The highest BCUT2D eigenvalue weighted by Gasteiger charge is 2.47. The van der Waals surface area contributed by atoms with Gasteiger partial charge in [0.1, 0.15) is 5.15 Å². The first-order chi connectivity index (χ1) is 7.72. The number of piperidine rings is 1. The van der Waals surface area contributed by atoms with E-state index >= 15 is 0 Å². The van der Waals surface area contributed by atoms with Crippen LogP contribution in [0.25, 0.3) is 0 Å². The van der Waals surface area contributed by atoms with Crippen LogP contribution < -0.4 is 10.6 Å². The fraction of sp³-hybridized carbons (Fsp3) is 0.500. The first-order valence-electron chi connectivity index (χ1n) is 5.27. The van der Waals surface area contributed by atoms with Crippen LogP contribution in [0.2, 0.25) is 5.15 Å². The number of nitrogens with one attached hydrogen (secondary N) is 2. The van der Waals surface area contributed by atoms with Crippen molar-refractivity contribution >= 4 is 35.7 Å². The summed E-state index contributed by atoms with van der Waals surface area (Å²) in [7, 11) is 0. The van der Waals surface area contributed by atoms with Crippen LogP contribution in [0.15, 0.2) is 12.4 Å². The van der Waals surface area contributed by atoms with Gasteiger partial charge in [0.2, 0.25) is 5.91 Å². The second kappa shape index (κ2) is 4.76. The Hall–Kier alpha value is -0.910. The van der Waals surface area contributed by atoms with E-state index < -0.39 is 0 Å². The first-order valence-corrected chi connectivity index (χ1v) is 5.64. The summed E-state index contributed by atoms with van der Waals surface area (Å²) < 4.78 is 0. The summed E-state index contributed by atoms with van der Waals surface area (Å²) in [6, 6.07) is 0.464. The minimum Gasteiger partial charge on any atom is -0.308 e. The summed E-state index contributed by atoms with van der Waals surface area (Å²) in [5.74, 6) is 1.05. The molecule has 1 aromatic heterocycles. The topological polar surface area (TPSA) is 66.9 Å². The van der Waals surface area contributed by atoms with Crippen LogP contribution in [0.1, 0.15) is 12.8 Å². The highest BCUT2D eigenvalue weighted by Crippen LogP contribution is 2.40. The standard InChI is InChI=1S/C10H11ClN4O.ClH/c11-8-3-12-4-9(14-8)15-10(16)7-2-5-1-6(5)13-7;/h3-7,13H,1-2H2,(H,14,15,16);1H. The molecule has 2 heterocycles. The molecule has 2 fully saturated rings. The van der Waals surface area contributed by atoms with Crippen molar-refractivity contribution in [1.82, 2.24) is 15.3 Å². The molecule has 7 heteroatoms. The number of aromatic nitrogens is 2. The minimum absolute atomic E-state index is 0. The van der Waals surface area contributed by atoms with Gasteiger partial charge in [-0.3, -0.25) is 9.78 Å². The number of hydrogen-bond donors (Lipinski definition) is 2. The van der Waals surface area contributed by atoms with E-state index in [-0.39, 0.29) is 29.5 Å². The zero-order valence-electron chi connectivity index (χ0n) is 8.89. The van der Waals surface area contributed by atoms with Gasteiger partial charge < -0.3 is 10.6 Å². The average molecular weight is 275 g/mol. The van der Waals surface area contributed by atoms with Crippen molar-refractivity contribution in [3.8, 4) is 0 Å². The van der Waals surface area contributed by atoms with Crippen LogP contribution in [0.3, 0.4) is 0 Å². The predicted molar refractivity (Wildman–Crippen MR) is 66.4 cm³/mol. The van der Waals surface area contributed by atoms with E-state index in [1.807, 2.05) is 0 Å². The van der Waals surface area contributed by atoms with Crippen LogP contribution in [0, 0.1) is 5.92 Å². The smallest absolute Gasteiger partial charge is 0.242 e. The third-order valence-corrected chi connectivity index (χ3v) is 3.23. The van der Waals surface area contributed by atoms with Crippen LogP contribution in [0.5, 0.6) is 0 Å². The molecule has 0 radical (unpaired) electrons.